The van der Waals surface area contributed by atoms with Crippen LogP contribution in [0.5, 0.6) is 5.88 Å². The first-order valence-electron chi connectivity index (χ1n) is 7.48. The maximum atomic E-state index is 12.0. The highest BCUT2D eigenvalue weighted by molar-refractivity contribution is 6.04. The number of aliphatic imine (C=N–C) groups is 1. The van der Waals surface area contributed by atoms with Gasteiger partial charge in [-0.2, -0.15) is 0 Å². The number of carbonyl (C=O) groups excluding carboxylic acids is 1. The second-order valence-electron chi connectivity index (χ2n) is 4.96. The van der Waals surface area contributed by atoms with E-state index in [1.54, 1.807) is 38.1 Å². The van der Waals surface area contributed by atoms with E-state index in [9.17, 15) is 19.5 Å². The first kappa shape index (κ1) is 17.2. The van der Waals surface area contributed by atoms with E-state index in [2.05, 4.69) is 20.3 Å². The zero-order valence-corrected chi connectivity index (χ0v) is 13.3. The number of aromatic nitrogens is 2. The molecule has 0 aliphatic carbocycles. The molecule has 1 amide bonds. The van der Waals surface area contributed by atoms with Crippen LogP contribution in [0.1, 0.15) is 32.3 Å². The fraction of sp³-hybridized carbons (Fsp3) is 0.250. The predicted octanol–water partition coefficient (Wildman–Crippen LogP) is 1.65. The van der Waals surface area contributed by atoms with Crippen LogP contribution in [0.3, 0.4) is 0 Å². The van der Waals surface area contributed by atoms with Crippen molar-refractivity contribution in [1.29, 1.82) is 0 Å². The van der Waals surface area contributed by atoms with Crippen LogP contribution in [0.4, 0.5) is 11.4 Å². The van der Waals surface area contributed by atoms with Crippen LogP contribution in [-0.2, 0) is 4.79 Å². The molecule has 0 bridgehead atoms. The van der Waals surface area contributed by atoms with Crippen LogP contribution in [0.2, 0.25) is 0 Å². The average molecular weight is 330 g/mol. The summed E-state index contributed by atoms with van der Waals surface area (Å²) < 4.78 is 0. The number of nitrogens with one attached hydrogen (secondary N) is 3. The Labute approximate surface area is 137 Å². The summed E-state index contributed by atoms with van der Waals surface area (Å²) in [5, 5.41) is 12.6. The Morgan fingerprint density at radius 3 is 2.50 bits per heavy atom. The van der Waals surface area contributed by atoms with E-state index < -0.39 is 17.1 Å². The molecule has 0 spiro atoms. The van der Waals surface area contributed by atoms with Crippen molar-refractivity contribution < 1.29 is 9.90 Å². The van der Waals surface area contributed by atoms with E-state index in [0.29, 0.717) is 24.2 Å². The smallest absolute Gasteiger partial charge is 0.328 e. The SMILES string of the molecule is CCC(=O)Nc1ccccc1N=C(CC)c1c(O)[nH]c(=O)[nH]c1=O. The largest absolute Gasteiger partial charge is 0.494 e. The Kier molecular flexibility index (Phi) is 5.31. The van der Waals surface area contributed by atoms with Gasteiger partial charge in [0.25, 0.3) is 5.56 Å². The van der Waals surface area contributed by atoms with Gasteiger partial charge < -0.3 is 10.4 Å². The minimum Gasteiger partial charge on any atom is -0.494 e. The maximum absolute atomic E-state index is 12.0. The standard InChI is InChI=1S/C16H18N4O4/c1-3-9(13-14(22)19-16(24)20-15(13)23)17-10-7-5-6-8-11(10)18-12(21)4-2/h5-8H,3-4H2,1-2H3,(H,18,21)(H3,19,20,22,23,24). The van der Waals surface area contributed by atoms with E-state index in [0.717, 1.165) is 0 Å². The number of nitrogens with zero attached hydrogens (tertiary/aromatic N) is 1. The van der Waals surface area contributed by atoms with Crippen molar-refractivity contribution in [1.82, 2.24) is 9.97 Å². The van der Waals surface area contributed by atoms with Gasteiger partial charge in [-0.25, -0.2) is 4.79 Å². The van der Waals surface area contributed by atoms with Gasteiger partial charge in [-0.15, -0.1) is 0 Å². The molecule has 0 saturated heterocycles. The first-order chi connectivity index (χ1) is 11.5. The van der Waals surface area contributed by atoms with Crippen LogP contribution >= 0.6 is 0 Å². The Balaban J connectivity index is 2.55. The Hall–Kier alpha value is -3.16. The number of amides is 1. The first-order valence-corrected chi connectivity index (χ1v) is 7.48. The molecule has 2 rings (SSSR count). The lowest BCUT2D eigenvalue weighted by Crippen LogP contribution is -2.27. The summed E-state index contributed by atoms with van der Waals surface area (Å²) >= 11 is 0. The van der Waals surface area contributed by atoms with E-state index in [1.807, 2.05) is 0 Å². The molecule has 1 aromatic heterocycles. The number of benzene rings is 1. The normalized spacial score (nSPS) is 11.3. The van der Waals surface area contributed by atoms with E-state index >= 15 is 0 Å². The molecule has 8 nitrogen and oxygen atoms in total. The van der Waals surface area contributed by atoms with Crippen molar-refractivity contribution in [3.05, 3.63) is 50.7 Å². The molecule has 0 atom stereocenters. The summed E-state index contributed by atoms with van der Waals surface area (Å²) in [6, 6.07) is 6.86. The second-order valence-corrected chi connectivity index (χ2v) is 4.96. The van der Waals surface area contributed by atoms with E-state index in [1.165, 1.54) is 0 Å². The van der Waals surface area contributed by atoms with Crippen LogP contribution in [0, 0.1) is 0 Å². The molecule has 1 aromatic carbocycles. The molecule has 0 saturated carbocycles. The number of H-pyrrole nitrogens is 2. The van der Waals surface area contributed by atoms with Crippen LogP contribution in [0.25, 0.3) is 0 Å². The highest BCUT2D eigenvalue weighted by Crippen LogP contribution is 2.26. The Morgan fingerprint density at radius 1 is 1.17 bits per heavy atom. The zero-order valence-electron chi connectivity index (χ0n) is 13.3. The number of hydrogen-bond donors (Lipinski definition) is 4. The number of aromatic hydroxyl groups is 1. The van der Waals surface area contributed by atoms with Crippen molar-refractivity contribution in [3.63, 3.8) is 0 Å². The highest BCUT2D eigenvalue weighted by atomic mass is 16.3. The van der Waals surface area contributed by atoms with Crippen LogP contribution in [-0.4, -0.2) is 26.7 Å². The highest BCUT2D eigenvalue weighted by Gasteiger charge is 2.15. The third-order valence-electron chi connectivity index (χ3n) is 3.30. The number of para-hydroxylation sites is 2. The number of anilines is 1. The fourth-order valence-electron chi connectivity index (χ4n) is 2.11. The number of aromatic amines is 2. The summed E-state index contributed by atoms with van der Waals surface area (Å²) in [7, 11) is 0. The minimum atomic E-state index is -0.799. The number of hydrogen-bond acceptors (Lipinski definition) is 5. The van der Waals surface area contributed by atoms with Gasteiger partial charge in [0.05, 0.1) is 17.1 Å². The van der Waals surface area contributed by atoms with Gasteiger partial charge >= 0.3 is 5.69 Å². The number of carbonyl (C=O) groups is 1. The van der Waals surface area contributed by atoms with Gasteiger partial charge in [0.2, 0.25) is 11.8 Å². The summed E-state index contributed by atoms with van der Waals surface area (Å²) in [5.74, 6) is -0.708. The fourth-order valence-corrected chi connectivity index (χ4v) is 2.11. The van der Waals surface area contributed by atoms with Gasteiger partial charge in [0.1, 0.15) is 5.56 Å². The quantitative estimate of drug-likeness (QED) is 0.621. The molecule has 0 radical (unpaired) electrons. The molecular weight excluding hydrogens is 312 g/mol. The van der Waals surface area contributed by atoms with Crippen LogP contribution in [0.15, 0.2) is 38.8 Å². The van der Waals surface area contributed by atoms with Gasteiger partial charge in [0.15, 0.2) is 0 Å². The second kappa shape index (κ2) is 7.40. The van der Waals surface area contributed by atoms with Gasteiger partial charge in [0, 0.05) is 6.42 Å². The monoisotopic (exact) mass is 330 g/mol. The molecule has 4 N–H and O–H groups in total. The predicted molar refractivity (Wildman–Crippen MR) is 91.2 cm³/mol. The van der Waals surface area contributed by atoms with E-state index in [4.69, 9.17) is 0 Å². The van der Waals surface area contributed by atoms with E-state index in [-0.39, 0.29) is 17.2 Å². The molecule has 24 heavy (non-hydrogen) atoms. The molecule has 2 aromatic rings. The molecule has 126 valence electrons. The van der Waals surface area contributed by atoms with Gasteiger partial charge in [-0.3, -0.25) is 24.5 Å². The molecule has 0 fully saturated rings. The molecule has 0 unspecified atom stereocenters. The number of rotatable bonds is 5. The lowest BCUT2D eigenvalue weighted by atomic mass is 10.1. The lowest BCUT2D eigenvalue weighted by molar-refractivity contribution is -0.115. The summed E-state index contributed by atoms with van der Waals surface area (Å²) in [6.07, 6.45) is 0.651. The third-order valence-corrected chi connectivity index (χ3v) is 3.30. The van der Waals surface area contributed by atoms with Crippen molar-refractivity contribution in [3.8, 4) is 5.88 Å². The van der Waals surface area contributed by atoms with Crippen molar-refractivity contribution >= 4 is 23.0 Å². The molecule has 8 heteroatoms. The molecular formula is C16H18N4O4. The van der Waals surface area contributed by atoms with Crippen LogP contribution < -0.4 is 16.6 Å². The van der Waals surface area contributed by atoms with Crippen molar-refractivity contribution in [2.45, 2.75) is 26.7 Å². The molecule has 0 aliphatic heterocycles. The minimum absolute atomic E-state index is 0.103. The lowest BCUT2D eigenvalue weighted by Gasteiger charge is -2.09. The topological polar surface area (TPSA) is 127 Å². The third kappa shape index (κ3) is 3.78. The summed E-state index contributed by atoms with van der Waals surface area (Å²) in [6.45, 7) is 3.49. The Bertz CT molecular complexity index is 895. The summed E-state index contributed by atoms with van der Waals surface area (Å²) in [4.78, 5) is 43.3. The molecule has 0 aliphatic rings. The average Bonchev–Trinajstić information content (AvgIpc) is 2.54. The Morgan fingerprint density at radius 2 is 1.88 bits per heavy atom. The van der Waals surface area contributed by atoms with Crippen molar-refractivity contribution in [2.75, 3.05) is 5.32 Å². The maximum Gasteiger partial charge on any atom is 0.328 e. The van der Waals surface area contributed by atoms with Crippen molar-refractivity contribution in [2.24, 2.45) is 4.99 Å². The molecule has 1 heterocycles. The summed E-state index contributed by atoms with van der Waals surface area (Å²) in [5.41, 5.74) is -0.409. The zero-order chi connectivity index (χ0) is 17.7. The van der Waals surface area contributed by atoms with Gasteiger partial charge in [-0.1, -0.05) is 26.0 Å². The van der Waals surface area contributed by atoms with Gasteiger partial charge in [-0.05, 0) is 18.6 Å².